The maximum Gasteiger partial charge on any atom is 0.0785 e. The minimum absolute atomic E-state index is 0. The second kappa shape index (κ2) is 5.94. The van der Waals surface area contributed by atoms with Gasteiger partial charge in [0.25, 0.3) is 0 Å². The monoisotopic (exact) mass is 322 g/mol. The largest absolute Gasteiger partial charge is 0.256 e. The zero-order chi connectivity index (χ0) is 12.5. The molecular formula is C17H15NY. The van der Waals surface area contributed by atoms with Crippen molar-refractivity contribution in [1.29, 1.82) is 0 Å². The molecule has 19 heavy (non-hydrogen) atoms. The third-order valence-corrected chi connectivity index (χ3v) is 3.40. The third kappa shape index (κ3) is 2.63. The number of hydrogen-bond acceptors (Lipinski definition) is 1. The standard InChI is InChI=1S/C17H15N.Y/c1-12-6-3-4-9-15(12)17-16-13(2)7-5-8-14(16)10-11-18-17;/h3-11H,1-2H3;. The molecule has 0 spiro atoms. The van der Waals surface area contributed by atoms with E-state index in [-0.39, 0.29) is 32.7 Å². The van der Waals surface area contributed by atoms with Crippen molar-refractivity contribution in [2.24, 2.45) is 0 Å². The van der Waals surface area contributed by atoms with E-state index in [2.05, 4.69) is 67.4 Å². The zero-order valence-corrected chi connectivity index (χ0v) is 14.1. The topological polar surface area (TPSA) is 12.9 Å². The molecule has 0 unspecified atom stereocenters. The summed E-state index contributed by atoms with van der Waals surface area (Å²) in [5.74, 6) is 0. The zero-order valence-electron chi connectivity index (χ0n) is 11.2. The second-order valence-corrected chi connectivity index (χ2v) is 4.65. The van der Waals surface area contributed by atoms with Gasteiger partial charge in [0, 0.05) is 49.9 Å². The van der Waals surface area contributed by atoms with E-state index in [1.54, 1.807) is 0 Å². The van der Waals surface area contributed by atoms with Gasteiger partial charge in [-0.05, 0) is 36.4 Å². The van der Waals surface area contributed by atoms with Gasteiger partial charge in [-0.3, -0.25) is 4.98 Å². The minimum Gasteiger partial charge on any atom is -0.256 e. The van der Waals surface area contributed by atoms with E-state index < -0.39 is 0 Å². The molecule has 91 valence electrons. The van der Waals surface area contributed by atoms with Crippen LogP contribution in [0.5, 0.6) is 0 Å². The fraction of sp³-hybridized carbons (Fsp3) is 0.118. The molecule has 0 N–H and O–H groups in total. The summed E-state index contributed by atoms with van der Waals surface area (Å²) in [6.07, 6.45) is 1.89. The van der Waals surface area contributed by atoms with Crippen LogP contribution in [0.1, 0.15) is 11.1 Å². The van der Waals surface area contributed by atoms with Crippen LogP contribution >= 0.6 is 0 Å². The van der Waals surface area contributed by atoms with E-state index in [4.69, 9.17) is 0 Å². The Kier molecular flexibility index (Phi) is 4.49. The summed E-state index contributed by atoms with van der Waals surface area (Å²) >= 11 is 0. The molecule has 0 atom stereocenters. The molecule has 3 aromatic rings. The summed E-state index contributed by atoms with van der Waals surface area (Å²) < 4.78 is 0. The summed E-state index contributed by atoms with van der Waals surface area (Å²) in [5, 5.41) is 2.51. The van der Waals surface area contributed by atoms with Crippen molar-refractivity contribution >= 4 is 10.8 Å². The first-order valence-corrected chi connectivity index (χ1v) is 6.18. The van der Waals surface area contributed by atoms with E-state index >= 15 is 0 Å². The molecule has 2 heteroatoms. The van der Waals surface area contributed by atoms with E-state index in [9.17, 15) is 0 Å². The smallest absolute Gasteiger partial charge is 0.0785 e. The van der Waals surface area contributed by atoms with E-state index in [1.807, 2.05) is 6.20 Å². The molecule has 0 saturated carbocycles. The van der Waals surface area contributed by atoms with Gasteiger partial charge in [0.2, 0.25) is 0 Å². The van der Waals surface area contributed by atoms with Crippen LogP contribution in [0.15, 0.2) is 54.7 Å². The maximum atomic E-state index is 4.60. The van der Waals surface area contributed by atoms with Crippen molar-refractivity contribution in [3.63, 3.8) is 0 Å². The van der Waals surface area contributed by atoms with Crippen molar-refractivity contribution in [3.05, 3.63) is 65.9 Å². The van der Waals surface area contributed by atoms with Gasteiger partial charge in [-0.1, -0.05) is 42.5 Å². The molecule has 0 aliphatic heterocycles. The molecule has 0 aliphatic carbocycles. The summed E-state index contributed by atoms with van der Waals surface area (Å²) in [7, 11) is 0. The molecule has 0 amide bonds. The van der Waals surface area contributed by atoms with E-state index in [0.29, 0.717) is 0 Å². The molecular weight excluding hydrogens is 307 g/mol. The molecule has 1 radical (unpaired) electrons. The quantitative estimate of drug-likeness (QED) is 0.642. The number of aromatic nitrogens is 1. The van der Waals surface area contributed by atoms with Crippen molar-refractivity contribution in [2.75, 3.05) is 0 Å². The first kappa shape index (κ1) is 14.4. The van der Waals surface area contributed by atoms with Crippen molar-refractivity contribution in [1.82, 2.24) is 4.98 Å². The maximum absolute atomic E-state index is 4.60. The first-order chi connectivity index (χ1) is 8.77. The number of aryl methyl sites for hydroxylation is 2. The normalized spacial score (nSPS) is 10.2. The molecule has 1 nitrogen and oxygen atoms in total. The number of rotatable bonds is 1. The SMILES string of the molecule is Cc1ccccc1-c1nccc2cccc(C)c12.[Y]. The number of benzene rings is 2. The molecule has 0 saturated heterocycles. The fourth-order valence-corrected chi connectivity index (χ4v) is 2.45. The Labute approximate surface area is 139 Å². The molecule has 0 aliphatic rings. The molecule has 0 fully saturated rings. The molecule has 2 aromatic carbocycles. The molecule has 0 bridgehead atoms. The van der Waals surface area contributed by atoms with Gasteiger partial charge in [0.05, 0.1) is 5.69 Å². The van der Waals surface area contributed by atoms with Gasteiger partial charge in [0.15, 0.2) is 0 Å². The van der Waals surface area contributed by atoms with Crippen molar-refractivity contribution in [2.45, 2.75) is 13.8 Å². The molecule has 1 heterocycles. The number of nitrogens with zero attached hydrogens (tertiary/aromatic N) is 1. The summed E-state index contributed by atoms with van der Waals surface area (Å²) in [4.78, 5) is 4.60. The first-order valence-electron chi connectivity index (χ1n) is 6.18. The van der Waals surface area contributed by atoms with Crippen molar-refractivity contribution in [3.8, 4) is 11.3 Å². The van der Waals surface area contributed by atoms with Gasteiger partial charge >= 0.3 is 0 Å². The van der Waals surface area contributed by atoms with Crippen LogP contribution in [-0.4, -0.2) is 4.98 Å². The van der Waals surface area contributed by atoms with Crippen LogP contribution in [0.2, 0.25) is 0 Å². The molecule has 3 rings (SSSR count). The summed E-state index contributed by atoms with van der Waals surface area (Å²) in [5.41, 5.74) is 4.85. The average Bonchev–Trinajstić information content (AvgIpc) is 2.39. The molecule has 1 aromatic heterocycles. The predicted octanol–water partition coefficient (Wildman–Crippen LogP) is 4.52. The summed E-state index contributed by atoms with van der Waals surface area (Å²) in [6.45, 7) is 4.28. The average molecular weight is 322 g/mol. The van der Waals surface area contributed by atoms with Gasteiger partial charge in [-0.15, -0.1) is 0 Å². The van der Waals surface area contributed by atoms with Gasteiger partial charge in [-0.25, -0.2) is 0 Å². The van der Waals surface area contributed by atoms with Crippen LogP contribution in [0.3, 0.4) is 0 Å². The minimum atomic E-state index is 0. The summed E-state index contributed by atoms with van der Waals surface area (Å²) in [6, 6.07) is 16.9. The van der Waals surface area contributed by atoms with Crippen LogP contribution in [-0.2, 0) is 32.7 Å². The number of fused-ring (bicyclic) bond motifs is 1. The van der Waals surface area contributed by atoms with Crippen LogP contribution < -0.4 is 0 Å². The van der Waals surface area contributed by atoms with Crippen LogP contribution in [0.25, 0.3) is 22.0 Å². The van der Waals surface area contributed by atoms with Crippen LogP contribution in [0, 0.1) is 13.8 Å². The Morgan fingerprint density at radius 3 is 2.32 bits per heavy atom. The predicted molar refractivity (Wildman–Crippen MR) is 76.7 cm³/mol. The Bertz CT molecular complexity index is 714. The fourth-order valence-electron chi connectivity index (χ4n) is 2.45. The van der Waals surface area contributed by atoms with Gasteiger partial charge in [-0.2, -0.15) is 0 Å². The number of pyridine rings is 1. The Hall–Kier alpha value is -1.05. The Balaban J connectivity index is 0.00000133. The van der Waals surface area contributed by atoms with Gasteiger partial charge in [0.1, 0.15) is 0 Å². The van der Waals surface area contributed by atoms with Crippen molar-refractivity contribution < 1.29 is 32.7 Å². The Morgan fingerprint density at radius 1 is 0.789 bits per heavy atom. The Morgan fingerprint density at radius 2 is 1.53 bits per heavy atom. The third-order valence-electron chi connectivity index (χ3n) is 3.40. The van der Waals surface area contributed by atoms with E-state index in [0.717, 1.165) is 5.69 Å². The number of hydrogen-bond donors (Lipinski definition) is 0. The van der Waals surface area contributed by atoms with Gasteiger partial charge < -0.3 is 0 Å². The van der Waals surface area contributed by atoms with Crippen LogP contribution in [0.4, 0.5) is 0 Å². The second-order valence-electron chi connectivity index (χ2n) is 4.65. The van der Waals surface area contributed by atoms with E-state index in [1.165, 1.54) is 27.5 Å².